The predicted octanol–water partition coefficient (Wildman–Crippen LogP) is 1.89. The Bertz CT molecular complexity index is 355. The van der Waals surface area contributed by atoms with Gasteiger partial charge in [-0.3, -0.25) is 0 Å². The average Bonchev–Trinajstić information content (AvgIpc) is 2.37. The maximum absolute atomic E-state index is 12.7. The summed E-state index contributed by atoms with van der Waals surface area (Å²) in [6, 6.07) is 6.77. The number of nitrogens with one attached hydrogen (secondary N) is 1. The van der Waals surface area contributed by atoms with Crippen LogP contribution in [0.15, 0.2) is 24.3 Å². The predicted molar refractivity (Wildman–Crippen MR) is 70.4 cm³/mol. The van der Waals surface area contributed by atoms with E-state index in [9.17, 15) is 4.39 Å². The highest BCUT2D eigenvalue weighted by Gasteiger charge is 2.14. The number of hydrogen-bond acceptors (Lipinski definition) is 3. The Hall–Kier alpha value is -1.13. The number of nitrogens with zero attached hydrogens (tertiary/aromatic N) is 1. The molecule has 1 aliphatic heterocycles. The smallest absolute Gasteiger partial charge is 0.123 e. The van der Waals surface area contributed by atoms with Gasteiger partial charge in [0.15, 0.2) is 0 Å². The molecular formula is C14H21FN2O. The largest absolute Gasteiger partial charge is 0.494 e. The maximum Gasteiger partial charge on any atom is 0.123 e. The van der Waals surface area contributed by atoms with Gasteiger partial charge in [-0.25, -0.2) is 4.39 Å². The first-order valence-corrected chi connectivity index (χ1v) is 6.58. The van der Waals surface area contributed by atoms with Crippen LogP contribution in [-0.2, 0) is 0 Å². The molecule has 0 amide bonds. The lowest BCUT2D eigenvalue weighted by Crippen LogP contribution is -2.49. The van der Waals surface area contributed by atoms with Crippen LogP contribution < -0.4 is 10.1 Å². The molecule has 1 fully saturated rings. The summed E-state index contributed by atoms with van der Waals surface area (Å²) in [6.45, 7) is 7.25. The zero-order valence-corrected chi connectivity index (χ0v) is 10.9. The molecule has 0 radical (unpaired) electrons. The third-order valence-corrected chi connectivity index (χ3v) is 3.15. The molecule has 3 nitrogen and oxygen atoms in total. The van der Waals surface area contributed by atoms with Crippen molar-refractivity contribution in [1.82, 2.24) is 10.2 Å². The van der Waals surface area contributed by atoms with E-state index in [2.05, 4.69) is 17.1 Å². The van der Waals surface area contributed by atoms with Gasteiger partial charge in [-0.05, 0) is 37.6 Å². The van der Waals surface area contributed by atoms with Crippen LogP contribution in [0.2, 0.25) is 0 Å². The van der Waals surface area contributed by atoms with E-state index >= 15 is 0 Å². The minimum absolute atomic E-state index is 0.225. The first-order valence-electron chi connectivity index (χ1n) is 6.58. The van der Waals surface area contributed by atoms with Crippen LogP contribution >= 0.6 is 0 Å². The lowest BCUT2D eigenvalue weighted by molar-refractivity contribution is 0.189. The summed E-state index contributed by atoms with van der Waals surface area (Å²) < 4.78 is 18.3. The molecular weight excluding hydrogens is 231 g/mol. The molecule has 4 heteroatoms. The van der Waals surface area contributed by atoms with Crippen LogP contribution in [0.5, 0.6) is 5.75 Å². The van der Waals surface area contributed by atoms with Crippen molar-refractivity contribution in [3.05, 3.63) is 30.1 Å². The van der Waals surface area contributed by atoms with Crippen LogP contribution in [0.3, 0.4) is 0 Å². The number of rotatable bonds is 5. The highest BCUT2D eigenvalue weighted by atomic mass is 19.1. The fourth-order valence-corrected chi connectivity index (χ4v) is 2.22. The van der Waals surface area contributed by atoms with Gasteiger partial charge in [0, 0.05) is 32.2 Å². The number of hydrogen-bond donors (Lipinski definition) is 1. The van der Waals surface area contributed by atoms with Crippen LogP contribution in [0.1, 0.15) is 13.3 Å². The lowest BCUT2D eigenvalue weighted by atomic mass is 10.2. The molecule has 0 bridgehead atoms. The first-order chi connectivity index (χ1) is 8.74. The van der Waals surface area contributed by atoms with Gasteiger partial charge in [-0.2, -0.15) is 0 Å². The molecule has 1 aromatic rings. The summed E-state index contributed by atoms with van der Waals surface area (Å²) in [6.07, 6.45) is 1.00. The van der Waals surface area contributed by atoms with E-state index in [1.54, 1.807) is 12.1 Å². The quantitative estimate of drug-likeness (QED) is 0.810. The second kappa shape index (κ2) is 6.71. The van der Waals surface area contributed by atoms with E-state index in [-0.39, 0.29) is 5.82 Å². The second-order valence-electron chi connectivity index (χ2n) is 4.81. The Labute approximate surface area is 108 Å². The van der Waals surface area contributed by atoms with Crippen molar-refractivity contribution in [1.29, 1.82) is 0 Å². The standard InChI is InChI=1S/C14H21FN2O/c1-12-11-17(9-7-16-12)8-2-10-18-14-5-3-13(15)4-6-14/h3-6,12,16H,2,7-11H2,1H3/t12-/m0/s1. The zero-order chi connectivity index (χ0) is 12.8. The van der Waals surface area contributed by atoms with Crippen molar-refractivity contribution in [2.75, 3.05) is 32.8 Å². The fourth-order valence-electron chi connectivity index (χ4n) is 2.22. The van der Waals surface area contributed by atoms with Crippen molar-refractivity contribution >= 4 is 0 Å². The number of halogens is 1. The minimum Gasteiger partial charge on any atom is -0.494 e. The maximum atomic E-state index is 12.7. The Morgan fingerprint density at radius 1 is 1.39 bits per heavy atom. The van der Waals surface area contributed by atoms with Crippen molar-refractivity contribution in [2.24, 2.45) is 0 Å². The summed E-state index contributed by atoms with van der Waals surface area (Å²) in [4.78, 5) is 2.45. The number of benzene rings is 1. The molecule has 100 valence electrons. The van der Waals surface area contributed by atoms with Crippen molar-refractivity contribution < 1.29 is 9.13 Å². The van der Waals surface area contributed by atoms with Gasteiger partial charge in [0.05, 0.1) is 6.61 Å². The third kappa shape index (κ3) is 4.27. The van der Waals surface area contributed by atoms with Gasteiger partial charge < -0.3 is 15.0 Å². The lowest BCUT2D eigenvalue weighted by Gasteiger charge is -2.31. The molecule has 2 rings (SSSR count). The molecule has 1 aliphatic rings. The van der Waals surface area contributed by atoms with Crippen LogP contribution in [0.4, 0.5) is 4.39 Å². The number of ether oxygens (including phenoxy) is 1. The summed E-state index contributed by atoms with van der Waals surface area (Å²) in [5, 5.41) is 3.43. The zero-order valence-electron chi connectivity index (χ0n) is 10.9. The monoisotopic (exact) mass is 252 g/mol. The van der Waals surface area contributed by atoms with Gasteiger partial charge in [-0.1, -0.05) is 0 Å². The summed E-state index contributed by atoms with van der Waals surface area (Å²) in [5.41, 5.74) is 0. The number of piperazine rings is 1. The summed E-state index contributed by atoms with van der Waals surface area (Å²) in [5.74, 6) is 0.516. The van der Waals surface area contributed by atoms with Gasteiger partial charge in [0.1, 0.15) is 11.6 Å². The second-order valence-corrected chi connectivity index (χ2v) is 4.81. The molecule has 18 heavy (non-hydrogen) atoms. The normalized spacial score (nSPS) is 20.9. The van der Waals surface area contributed by atoms with Crippen molar-refractivity contribution in [3.63, 3.8) is 0 Å². The highest BCUT2D eigenvalue weighted by Crippen LogP contribution is 2.11. The van der Waals surface area contributed by atoms with E-state index in [1.807, 2.05) is 0 Å². The van der Waals surface area contributed by atoms with E-state index in [0.717, 1.165) is 38.3 Å². The SMILES string of the molecule is C[C@H]1CN(CCCOc2ccc(F)cc2)CCN1. The molecule has 1 aromatic carbocycles. The molecule has 0 saturated carbocycles. The summed E-state index contributed by atoms with van der Waals surface area (Å²) in [7, 11) is 0. The van der Waals surface area contributed by atoms with Crippen LogP contribution in [-0.4, -0.2) is 43.7 Å². The molecule has 1 atom stereocenters. The Kier molecular flexibility index (Phi) is 4.96. The van der Waals surface area contributed by atoms with Crippen LogP contribution in [0, 0.1) is 5.82 Å². The molecule has 1 N–H and O–H groups in total. The molecule has 1 heterocycles. The molecule has 1 saturated heterocycles. The van der Waals surface area contributed by atoms with E-state index < -0.39 is 0 Å². The molecule has 0 unspecified atom stereocenters. The third-order valence-electron chi connectivity index (χ3n) is 3.15. The average molecular weight is 252 g/mol. The minimum atomic E-state index is -0.225. The summed E-state index contributed by atoms with van der Waals surface area (Å²) >= 11 is 0. The highest BCUT2D eigenvalue weighted by molar-refractivity contribution is 5.21. The molecule has 0 aliphatic carbocycles. The Morgan fingerprint density at radius 3 is 2.89 bits per heavy atom. The van der Waals surface area contributed by atoms with Crippen molar-refractivity contribution in [2.45, 2.75) is 19.4 Å². The van der Waals surface area contributed by atoms with Crippen molar-refractivity contribution in [3.8, 4) is 5.75 Å². The van der Waals surface area contributed by atoms with E-state index in [4.69, 9.17) is 4.74 Å². The Balaban J connectivity index is 1.62. The Morgan fingerprint density at radius 2 is 2.17 bits per heavy atom. The van der Waals surface area contributed by atoms with Gasteiger partial charge >= 0.3 is 0 Å². The van der Waals surface area contributed by atoms with Gasteiger partial charge in [0.2, 0.25) is 0 Å². The topological polar surface area (TPSA) is 24.5 Å². The van der Waals surface area contributed by atoms with E-state index in [1.165, 1.54) is 12.1 Å². The first kappa shape index (κ1) is 13.3. The van der Waals surface area contributed by atoms with E-state index in [0.29, 0.717) is 12.6 Å². The van der Waals surface area contributed by atoms with Crippen LogP contribution in [0.25, 0.3) is 0 Å². The molecule has 0 spiro atoms. The molecule has 0 aromatic heterocycles. The van der Waals surface area contributed by atoms with Gasteiger partial charge in [0.25, 0.3) is 0 Å². The fraction of sp³-hybridized carbons (Fsp3) is 0.571. The van der Waals surface area contributed by atoms with Gasteiger partial charge in [-0.15, -0.1) is 0 Å².